The summed E-state index contributed by atoms with van der Waals surface area (Å²) in [7, 11) is -2.98. The zero-order valence-electron chi connectivity index (χ0n) is 10.5. The SMILES string of the molecule is CC.CCN1CCN(S(C)(=O)=O)CC1C. The fourth-order valence-electron chi connectivity index (χ4n) is 1.73. The molecule has 0 aromatic rings. The van der Waals surface area contributed by atoms with E-state index in [1.54, 1.807) is 4.31 Å². The minimum Gasteiger partial charge on any atom is -0.298 e. The van der Waals surface area contributed by atoms with Gasteiger partial charge in [0.15, 0.2) is 0 Å². The molecule has 0 aromatic heterocycles. The topological polar surface area (TPSA) is 40.6 Å². The molecule has 1 heterocycles. The van der Waals surface area contributed by atoms with Crippen LogP contribution in [0.15, 0.2) is 0 Å². The molecular weight excluding hydrogens is 212 g/mol. The second-order valence-corrected chi connectivity index (χ2v) is 5.58. The van der Waals surface area contributed by atoms with E-state index in [0.717, 1.165) is 13.1 Å². The van der Waals surface area contributed by atoms with Gasteiger partial charge in [0.1, 0.15) is 0 Å². The van der Waals surface area contributed by atoms with E-state index >= 15 is 0 Å². The van der Waals surface area contributed by atoms with Gasteiger partial charge in [0.2, 0.25) is 10.0 Å². The number of hydrogen-bond acceptors (Lipinski definition) is 3. The van der Waals surface area contributed by atoms with Gasteiger partial charge in [-0.25, -0.2) is 8.42 Å². The maximum Gasteiger partial charge on any atom is 0.211 e. The van der Waals surface area contributed by atoms with Crippen LogP contribution in [0.1, 0.15) is 27.7 Å². The Hall–Kier alpha value is -0.130. The van der Waals surface area contributed by atoms with E-state index in [1.807, 2.05) is 13.8 Å². The average molecular weight is 236 g/mol. The lowest BCUT2D eigenvalue weighted by atomic mass is 10.2. The molecule has 1 aliphatic heterocycles. The molecule has 0 N–H and O–H groups in total. The highest BCUT2D eigenvalue weighted by molar-refractivity contribution is 7.88. The molecule has 0 aromatic carbocycles. The van der Waals surface area contributed by atoms with Crippen LogP contribution in [-0.4, -0.2) is 56.1 Å². The number of rotatable bonds is 2. The highest BCUT2D eigenvalue weighted by atomic mass is 32.2. The molecule has 0 spiro atoms. The van der Waals surface area contributed by atoms with Gasteiger partial charge in [-0.05, 0) is 13.5 Å². The maximum atomic E-state index is 11.2. The molecule has 0 bridgehead atoms. The van der Waals surface area contributed by atoms with Gasteiger partial charge >= 0.3 is 0 Å². The Morgan fingerprint density at radius 2 is 1.80 bits per heavy atom. The highest BCUT2D eigenvalue weighted by Gasteiger charge is 2.27. The van der Waals surface area contributed by atoms with Crippen molar-refractivity contribution in [1.29, 1.82) is 0 Å². The summed E-state index contributed by atoms with van der Waals surface area (Å²) >= 11 is 0. The summed E-state index contributed by atoms with van der Waals surface area (Å²) in [4.78, 5) is 2.29. The van der Waals surface area contributed by atoms with Crippen LogP contribution in [0.3, 0.4) is 0 Å². The molecule has 5 heteroatoms. The fourth-order valence-corrected chi connectivity index (χ4v) is 2.63. The molecule has 1 aliphatic rings. The van der Waals surface area contributed by atoms with Crippen LogP contribution in [0.25, 0.3) is 0 Å². The maximum absolute atomic E-state index is 11.2. The van der Waals surface area contributed by atoms with Gasteiger partial charge in [0.25, 0.3) is 0 Å². The van der Waals surface area contributed by atoms with E-state index < -0.39 is 10.0 Å². The van der Waals surface area contributed by atoms with Crippen molar-refractivity contribution in [1.82, 2.24) is 9.21 Å². The minimum absolute atomic E-state index is 0.341. The van der Waals surface area contributed by atoms with E-state index in [9.17, 15) is 8.42 Å². The van der Waals surface area contributed by atoms with Gasteiger partial charge in [-0.3, -0.25) is 4.90 Å². The van der Waals surface area contributed by atoms with E-state index in [2.05, 4.69) is 18.7 Å². The molecule has 0 aliphatic carbocycles. The summed E-state index contributed by atoms with van der Waals surface area (Å²) < 4.78 is 24.0. The molecule has 0 amide bonds. The molecule has 1 unspecified atom stereocenters. The number of hydrogen-bond donors (Lipinski definition) is 0. The van der Waals surface area contributed by atoms with Crippen molar-refractivity contribution in [2.24, 2.45) is 0 Å². The molecule has 1 fully saturated rings. The molecule has 4 nitrogen and oxygen atoms in total. The van der Waals surface area contributed by atoms with Crippen molar-refractivity contribution in [2.75, 3.05) is 32.4 Å². The Labute approximate surface area is 94.3 Å². The lowest BCUT2D eigenvalue weighted by molar-refractivity contribution is 0.136. The number of likely N-dealkylation sites (N-methyl/N-ethyl adjacent to an activating group) is 1. The first-order valence-corrected chi connectivity index (χ1v) is 7.49. The van der Waals surface area contributed by atoms with Crippen molar-refractivity contribution in [3.8, 4) is 0 Å². The third-order valence-electron chi connectivity index (χ3n) is 2.60. The molecule has 15 heavy (non-hydrogen) atoms. The van der Waals surface area contributed by atoms with Gasteiger partial charge in [0, 0.05) is 25.7 Å². The summed E-state index contributed by atoms with van der Waals surface area (Å²) in [6, 6.07) is 0.341. The van der Waals surface area contributed by atoms with Crippen LogP contribution in [0.4, 0.5) is 0 Å². The Kier molecular flexibility index (Phi) is 6.40. The average Bonchev–Trinajstić information content (AvgIpc) is 2.19. The predicted molar refractivity (Wildman–Crippen MR) is 64.5 cm³/mol. The van der Waals surface area contributed by atoms with Crippen molar-refractivity contribution in [3.05, 3.63) is 0 Å². The monoisotopic (exact) mass is 236 g/mol. The highest BCUT2D eigenvalue weighted by Crippen LogP contribution is 2.11. The first-order chi connectivity index (χ1) is 6.95. The van der Waals surface area contributed by atoms with Gasteiger partial charge in [-0.2, -0.15) is 4.31 Å². The Morgan fingerprint density at radius 3 is 2.13 bits per heavy atom. The van der Waals surface area contributed by atoms with Gasteiger partial charge in [-0.1, -0.05) is 20.8 Å². The molecule has 1 saturated heterocycles. The smallest absolute Gasteiger partial charge is 0.211 e. The van der Waals surface area contributed by atoms with Gasteiger partial charge < -0.3 is 0 Å². The lowest BCUT2D eigenvalue weighted by Crippen LogP contribution is -2.53. The van der Waals surface area contributed by atoms with Crippen LogP contribution in [0, 0.1) is 0 Å². The number of nitrogens with zero attached hydrogens (tertiary/aromatic N) is 2. The predicted octanol–water partition coefficient (Wildman–Crippen LogP) is 0.998. The quantitative estimate of drug-likeness (QED) is 0.718. The third kappa shape index (κ3) is 4.49. The van der Waals surface area contributed by atoms with Crippen molar-refractivity contribution >= 4 is 10.0 Å². The molecule has 0 saturated carbocycles. The zero-order valence-corrected chi connectivity index (χ0v) is 11.3. The number of sulfonamides is 1. The van der Waals surface area contributed by atoms with Gasteiger partial charge in [0.05, 0.1) is 6.26 Å². The molecular formula is C10H24N2O2S. The zero-order chi connectivity index (χ0) is 12.1. The normalized spacial score (nSPS) is 24.5. The number of piperazine rings is 1. The van der Waals surface area contributed by atoms with E-state index in [0.29, 0.717) is 19.1 Å². The minimum atomic E-state index is -2.98. The van der Waals surface area contributed by atoms with Crippen LogP contribution < -0.4 is 0 Å². The Bertz CT molecular complexity index is 265. The van der Waals surface area contributed by atoms with Crippen molar-refractivity contribution in [2.45, 2.75) is 33.7 Å². The van der Waals surface area contributed by atoms with E-state index in [1.165, 1.54) is 6.26 Å². The van der Waals surface area contributed by atoms with Crippen LogP contribution in [-0.2, 0) is 10.0 Å². The molecule has 92 valence electrons. The van der Waals surface area contributed by atoms with E-state index in [-0.39, 0.29) is 0 Å². The molecule has 0 radical (unpaired) electrons. The largest absolute Gasteiger partial charge is 0.298 e. The summed E-state index contributed by atoms with van der Waals surface area (Å²) in [5.41, 5.74) is 0. The van der Waals surface area contributed by atoms with Crippen LogP contribution in [0.2, 0.25) is 0 Å². The standard InChI is InChI=1S/C8H18N2O2S.C2H6/c1-4-9-5-6-10(7-8(9)2)13(3,11)12;1-2/h8H,4-7H2,1-3H3;1-2H3. The lowest BCUT2D eigenvalue weighted by Gasteiger charge is -2.37. The third-order valence-corrected chi connectivity index (χ3v) is 3.87. The summed E-state index contributed by atoms with van der Waals surface area (Å²) in [6.07, 6.45) is 1.28. The summed E-state index contributed by atoms with van der Waals surface area (Å²) in [6.45, 7) is 11.3. The van der Waals surface area contributed by atoms with Crippen LogP contribution >= 0.6 is 0 Å². The fraction of sp³-hybridized carbons (Fsp3) is 1.00. The molecule has 1 rings (SSSR count). The first kappa shape index (κ1) is 14.9. The second-order valence-electron chi connectivity index (χ2n) is 3.60. The molecule has 1 atom stereocenters. The van der Waals surface area contributed by atoms with Crippen LogP contribution in [0.5, 0.6) is 0 Å². The summed E-state index contributed by atoms with van der Waals surface area (Å²) in [5, 5.41) is 0. The first-order valence-electron chi connectivity index (χ1n) is 5.64. The Balaban J connectivity index is 0.000000921. The van der Waals surface area contributed by atoms with Crippen molar-refractivity contribution < 1.29 is 8.42 Å². The Morgan fingerprint density at radius 1 is 1.27 bits per heavy atom. The van der Waals surface area contributed by atoms with Gasteiger partial charge in [-0.15, -0.1) is 0 Å². The van der Waals surface area contributed by atoms with E-state index in [4.69, 9.17) is 0 Å². The van der Waals surface area contributed by atoms with Crippen molar-refractivity contribution in [3.63, 3.8) is 0 Å². The second kappa shape index (κ2) is 6.45. The summed E-state index contributed by atoms with van der Waals surface area (Å²) in [5.74, 6) is 0.